The molecular weight excluding hydrogens is 404 g/mol. The molecule has 8 heteroatoms. The minimum absolute atomic E-state index is 0.106. The Labute approximate surface area is 178 Å². The fourth-order valence-corrected chi connectivity index (χ4v) is 5.60. The van der Waals surface area contributed by atoms with Gasteiger partial charge in [0.15, 0.2) is 0 Å². The third-order valence-electron chi connectivity index (χ3n) is 5.88. The molecule has 1 atom stereocenters. The van der Waals surface area contributed by atoms with Crippen LogP contribution in [0.1, 0.15) is 24.8 Å². The predicted octanol–water partition coefficient (Wildman–Crippen LogP) is 2.82. The Morgan fingerprint density at radius 3 is 2.43 bits per heavy atom. The van der Waals surface area contributed by atoms with Gasteiger partial charge in [0.05, 0.1) is 0 Å². The van der Waals surface area contributed by atoms with Crippen LogP contribution < -0.4 is 0 Å². The summed E-state index contributed by atoms with van der Waals surface area (Å²) in [6, 6.07) is 6.54. The van der Waals surface area contributed by atoms with Crippen LogP contribution in [-0.4, -0.2) is 68.4 Å². The van der Waals surface area contributed by atoms with Crippen LogP contribution in [0.4, 0.5) is 4.79 Å². The first-order valence-corrected chi connectivity index (χ1v) is 11.6. The van der Waals surface area contributed by atoms with Gasteiger partial charge in [-0.2, -0.15) is 13.2 Å². The van der Waals surface area contributed by atoms with Crippen molar-refractivity contribution in [1.29, 1.82) is 0 Å². The number of piperazine rings is 1. The Morgan fingerprint density at radius 2 is 1.87 bits per heavy atom. The van der Waals surface area contributed by atoms with E-state index in [1.54, 1.807) is 36.4 Å². The lowest BCUT2D eigenvalue weighted by atomic mass is 9.90. The van der Waals surface area contributed by atoms with Crippen molar-refractivity contribution < 1.29 is 26.6 Å². The van der Waals surface area contributed by atoms with Gasteiger partial charge in [-0.15, -0.1) is 3.89 Å². The summed E-state index contributed by atoms with van der Waals surface area (Å²) in [5.41, 5.74) is -0.0715. The zero-order valence-corrected chi connectivity index (χ0v) is 18.3. The van der Waals surface area contributed by atoms with Gasteiger partial charge in [-0.25, -0.2) is 0 Å². The SMILES string of the molecule is Cc1ccc(S(=O)(=O)[N+]2(C(=O)OC3(CCC=O)C=CC=CC3)CCN(C)CC2)cc1. The van der Waals surface area contributed by atoms with Gasteiger partial charge in [0, 0.05) is 25.9 Å². The van der Waals surface area contributed by atoms with E-state index in [1.807, 2.05) is 31.0 Å². The first-order valence-electron chi connectivity index (χ1n) is 10.1. The summed E-state index contributed by atoms with van der Waals surface area (Å²) in [6.45, 7) is 3.00. The lowest BCUT2D eigenvalue weighted by molar-refractivity contribution is -0.739. The first kappa shape index (κ1) is 22.4. The average Bonchev–Trinajstić information content (AvgIpc) is 2.74. The maximum Gasteiger partial charge on any atom is 0.532 e. The number of quaternary nitrogens is 1. The molecular formula is C22H29N2O5S+. The van der Waals surface area contributed by atoms with Crippen LogP contribution in [0.15, 0.2) is 53.5 Å². The molecule has 1 fully saturated rings. The minimum Gasteiger partial charge on any atom is -0.408 e. The quantitative estimate of drug-likeness (QED) is 0.507. The van der Waals surface area contributed by atoms with Crippen molar-refractivity contribution in [2.75, 3.05) is 33.2 Å². The molecule has 30 heavy (non-hydrogen) atoms. The molecule has 1 amide bonds. The topological polar surface area (TPSA) is 80.7 Å². The summed E-state index contributed by atoms with van der Waals surface area (Å²) in [4.78, 5) is 26.6. The van der Waals surface area contributed by atoms with Crippen LogP contribution in [0.2, 0.25) is 0 Å². The Bertz CT molecular complexity index is 944. The number of benzene rings is 1. The number of aldehydes is 1. The fraction of sp³-hybridized carbons (Fsp3) is 0.455. The number of hydrogen-bond donors (Lipinski definition) is 0. The lowest BCUT2D eigenvalue weighted by Crippen LogP contribution is -2.65. The summed E-state index contributed by atoms with van der Waals surface area (Å²) in [5.74, 6) is 0. The zero-order valence-electron chi connectivity index (χ0n) is 17.5. The van der Waals surface area contributed by atoms with Gasteiger partial charge in [-0.1, -0.05) is 35.9 Å². The number of hydrogen-bond acceptors (Lipinski definition) is 6. The number of carbonyl (C=O) groups is 2. The highest BCUT2D eigenvalue weighted by Crippen LogP contribution is 2.34. The molecule has 1 saturated heterocycles. The van der Waals surface area contributed by atoms with Crippen LogP contribution in [-0.2, 0) is 19.6 Å². The van der Waals surface area contributed by atoms with E-state index in [1.165, 1.54) is 0 Å². The van der Waals surface area contributed by atoms with E-state index < -0.39 is 25.6 Å². The maximum atomic E-state index is 13.7. The largest absolute Gasteiger partial charge is 0.532 e. The minimum atomic E-state index is -4.04. The number of amides is 1. The molecule has 0 bridgehead atoms. The molecule has 1 aromatic carbocycles. The average molecular weight is 434 g/mol. The van der Waals surface area contributed by atoms with Gasteiger partial charge in [-0.05, 0) is 38.6 Å². The number of allylic oxidation sites excluding steroid dienone is 2. The Hall–Kier alpha value is -2.29. The van der Waals surface area contributed by atoms with Crippen LogP contribution in [0.3, 0.4) is 0 Å². The van der Waals surface area contributed by atoms with Gasteiger partial charge in [0.2, 0.25) is 0 Å². The molecule has 0 radical (unpaired) electrons. The lowest BCUT2D eigenvalue weighted by Gasteiger charge is -2.41. The van der Waals surface area contributed by atoms with Crippen LogP contribution in [0.25, 0.3) is 0 Å². The predicted molar refractivity (Wildman–Crippen MR) is 113 cm³/mol. The van der Waals surface area contributed by atoms with Crippen molar-refractivity contribution in [3.05, 3.63) is 54.1 Å². The monoisotopic (exact) mass is 433 g/mol. The second-order valence-electron chi connectivity index (χ2n) is 8.06. The second kappa shape index (κ2) is 8.83. The first-order chi connectivity index (χ1) is 14.2. The van der Waals surface area contributed by atoms with Crippen molar-refractivity contribution in [2.45, 2.75) is 36.7 Å². The van der Waals surface area contributed by atoms with Crippen molar-refractivity contribution in [1.82, 2.24) is 4.90 Å². The summed E-state index contributed by atoms with van der Waals surface area (Å²) in [7, 11) is -2.14. The molecule has 1 heterocycles. The fourth-order valence-electron chi connectivity index (χ4n) is 3.84. The second-order valence-corrected chi connectivity index (χ2v) is 10.2. The molecule has 162 valence electrons. The number of likely N-dealkylation sites (N-methyl/N-ethyl adjacent to an activating group) is 1. The molecule has 1 unspecified atom stereocenters. The van der Waals surface area contributed by atoms with E-state index in [-0.39, 0.29) is 24.4 Å². The Morgan fingerprint density at radius 1 is 1.20 bits per heavy atom. The normalized spacial score (nSPS) is 23.8. The molecule has 3 rings (SSSR count). The standard InChI is InChI=1S/C22H29N2O5S/c1-19-7-9-20(10-8-19)30(27,28)24(16-14-23(2)15-17-24)21(26)29-22(13-6-18-25)11-4-3-5-12-22/h3-5,7-11,18H,6,12-17H2,1-2H3/q+1. The van der Waals surface area contributed by atoms with Crippen LogP contribution in [0, 0.1) is 6.92 Å². The number of ether oxygens (including phenoxy) is 1. The van der Waals surface area contributed by atoms with E-state index in [9.17, 15) is 18.0 Å². The number of carbonyl (C=O) groups excluding carboxylic acids is 2. The van der Waals surface area contributed by atoms with Gasteiger partial charge in [0.1, 0.15) is 29.9 Å². The van der Waals surface area contributed by atoms with Gasteiger partial charge >= 0.3 is 16.1 Å². The highest BCUT2D eigenvalue weighted by molar-refractivity contribution is 7.86. The zero-order chi connectivity index (χ0) is 21.8. The molecule has 0 aromatic heterocycles. The van der Waals surface area contributed by atoms with E-state index in [2.05, 4.69) is 0 Å². The van der Waals surface area contributed by atoms with Crippen molar-refractivity contribution in [3.63, 3.8) is 0 Å². The molecule has 0 N–H and O–H groups in total. The molecule has 0 spiro atoms. The number of aryl methyl sites for hydroxylation is 1. The third-order valence-corrected chi connectivity index (χ3v) is 8.19. The Kier molecular flexibility index (Phi) is 6.59. The summed E-state index contributed by atoms with van der Waals surface area (Å²) < 4.78 is 32.5. The maximum absolute atomic E-state index is 13.7. The van der Waals surface area contributed by atoms with E-state index in [0.29, 0.717) is 25.9 Å². The van der Waals surface area contributed by atoms with E-state index in [0.717, 1.165) is 11.8 Å². The van der Waals surface area contributed by atoms with Crippen molar-refractivity contribution in [2.24, 2.45) is 0 Å². The number of nitrogens with zero attached hydrogens (tertiary/aromatic N) is 2. The van der Waals surface area contributed by atoms with E-state index >= 15 is 0 Å². The van der Waals surface area contributed by atoms with Gasteiger partial charge < -0.3 is 9.53 Å². The number of rotatable bonds is 6. The van der Waals surface area contributed by atoms with Crippen LogP contribution >= 0.6 is 0 Å². The van der Waals surface area contributed by atoms with Gasteiger partial charge in [0.25, 0.3) is 0 Å². The Balaban J connectivity index is 1.99. The summed E-state index contributed by atoms with van der Waals surface area (Å²) in [6.07, 6.45) is 8.17. The molecule has 1 aliphatic carbocycles. The summed E-state index contributed by atoms with van der Waals surface area (Å²) in [5, 5.41) is 0. The summed E-state index contributed by atoms with van der Waals surface area (Å²) >= 11 is 0. The smallest absolute Gasteiger partial charge is 0.408 e. The molecule has 1 aliphatic heterocycles. The van der Waals surface area contributed by atoms with Crippen LogP contribution in [0.5, 0.6) is 0 Å². The highest BCUT2D eigenvalue weighted by Gasteiger charge is 2.55. The van der Waals surface area contributed by atoms with Crippen molar-refractivity contribution in [3.8, 4) is 0 Å². The third kappa shape index (κ3) is 4.26. The van der Waals surface area contributed by atoms with E-state index in [4.69, 9.17) is 4.74 Å². The number of sulfonamides is 1. The van der Waals surface area contributed by atoms with Gasteiger partial charge in [-0.3, -0.25) is 4.90 Å². The van der Waals surface area contributed by atoms with Crippen molar-refractivity contribution >= 4 is 22.4 Å². The molecule has 0 saturated carbocycles. The molecule has 7 nitrogen and oxygen atoms in total. The highest BCUT2D eigenvalue weighted by atomic mass is 32.2. The molecule has 2 aliphatic rings. The molecule has 1 aromatic rings.